The minimum Gasteiger partial charge on any atom is -0.454 e. The first-order valence-corrected chi connectivity index (χ1v) is 9.12. The van der Waals surface area contributed by atoms with Crippen LogP contribution in [0.4, 0.5) is 5.69 Å². The Morgan fingerprint density at radius 3 is 2.93 bits per heavy atom. The number of hydrogen-bond donors (Lipinski definition) is 1. The zero-order valence-corrected chi connectivity index (χ0v) is 15.6. The summed E-state index contributed by atoms with van der Waals surface area (Å²) in [5, 5.41) is 3.52. The molecule has 1 saturated heterocycles. The molecule has 0 bridgehead atoms. The highest BCUT2D eigenvalue weighted by molar-refractivity contribution is 6.31. The van der Waals surface area contributed by atoms with Crippen LogP contribution >= 0.6 is 11.6 Å². The van der Waals surface area contributed by atoms with Gasteiger partial charge in [0, 0.05) is 30.2 Å². The van der Waals surface area contributed by atoms with Gasteiger partial charge in [-0.3, -0.25) is 9.59 Å². The Morgan fingerprint density at radius 2 is 2.07 bits per heavy atom. The van der Waals surface area contributed by atoms with E-state index in [0.29, 0.717) is 29.6 Å². The number of carbonyl (C=O) groups is 2. The number of benzene rings is 2. The molecule has 27 heavy (non-hydrogen) atoms. The highest BCUT2D eigenvalue weighted by atomic mass is 35.5. The number of hydrogen-bond acceptors (Lipinski definition) is 4. The summed E-state index contributed by atoms with van der Waals surface area (Å²) in [6.45, 7) is 2.81. The number of nitrogens with one attached hydrogen (secondary N) is 1. The fraction of sp³-hybridized carbons (Fsp3) is 0.300. The topological polar surface area (TPSA) is 67.9 Å². The number of nitrogens with zero attached hydrogens (tertiary/aromatic N) is 1. The van der Waals surface area contributed by atoms with Gasteiger partial charge in [0.15, 0.2) is 11.5 Å². The number of rotatable bonds is 4. The van der Waals surface area contributed by atoms with Gasteiger partial charge in [0.05, 0.1) is 5.92 Å². The summed E-state index contributed by atoms with van der Waals surface area (Å²) in [4.78, 5) is 26.6. The lowest BCUT2D eigenvalue weighted by molar-refractivity contribution is -0.126. The molecule has 1 N–H and O–H groups in total. The van der Waals surface area contributed by atoms with Crippen molar-refractivity contribution in [1.82, 2.24) is 5.32 Å². The number of halogens is 1. The molecule has 0 aromatic heterocycles. The largest absolute Gasteiger partial charge is 0.454 e. The number of anilines is 1. The summed E-state index contributed by atoms with van der Waals surface area (Å²) in [5.74, 6) is 0.802. The van der Waals surface area contributed by atoms with Crippen molar-refractivity contribution in [3.8, 4) is 11.5 Å². The summed E-state index contributed by atoms with van der Waals surface area (Å²) < 4.78 is 10.6. The van der Waals surface area contributed by atoms with Gasteiger partial charge in [-0.25, -0.2) is 0 Å². The van der Waals surface area contributed by atoms with Gasteiger partial charge in [-0.05, 0) is 42.3 Å². The maximum absolute atomic E-state index is 12.6. The van der Waals surface area contributed by atoms with Gasteiger partial charge in [0.1, 0.15) is 0 Å². The molecule has 2 aliphatic heterocycles. The van der Waals surface area contributed by atoms with E-state index >= 15 is 0 Å². The Balaban J connectivity index is 1.40. The minimum atomic E-state index is -0.384. The highest BCUT2D eigenvalue weighted by Gasteiger charge is 2.35. The number of amides is 2. The molecule has 4 rings (SSSR count). The standard InChI is InChI=1S/C20H19ClN2O4/c1-12-15(21)3-2-4-16(12)23-10-14(8-19(23)24)20(25)22-9-13-5-6-17-18(7-13)27-11-26-17/h2-7,14H,8-11H2,1H3,(H,22,25)/t14-/m0/s1. The first-order chi connectivity index (χ1) is 13.0. The lowest BCUT2D eigenvalue weighted by Crippen LogP contribution is -2.32. The van der Waals surface area contributed by atoms with Crippen molar-refractivity contribution >= 4 is 29.1 Å². The average molecular weight is 387 g/mol. The Kier molecular flexibility index (Phi) is 4.66. The minimum absolute atomic E-state index is 0.0661. The van der Waals surface area contributed by atoms with E-state index in [1.165, 1.54) is 0 Å². The van der Waals surface area contributed by atoms with Gasteiger partial charge in [0.2, 0.25) is 18.6 Å². The van der Waals surface area contributed by atoms with Crippen LogP contribution in [0.1, 0.15) is 17.5 Å². The third-order valence-electron chi connectivity index (χ3n) is 4.93. The maximum atomic E-state index is 12.6. The van der Waals surface area contributed by atoms with Crippen molar-refractivity contribution in [2.45, 2.75) is 19.9 Å². The van der Waals surface area contributed by atoms with Crippen LogP contribution in [0.5, 0.6) is 11.5 Å². The van der Waals surface area contributed by atoms with Crippen molar-refractivity contribution in [2.24, 2.45) is 5.92 Å². The molecule has 2 aromatic rings. The lowest BCUT2D eigenvalue weighted by atomic mass is 10.1. The first kappa shape index (κ1) is 17.7. The van der Waals surface area contributed by atoms with Crippen LogP contribution in [0.2, 0.25) is 5.02 Å². The Bertz CT molecular complexity index is 915. The van der Waals surface area contributed by atoms with Crippen LogP contribution in [0.25, 0.3) is 0 Å². The quantitative estimate of drug-likeness (QED) is 0.877. The molecule has 0 spiro atoms. The van der Waals surface area contributed by atoms with E-state index in [4.69, 9.17) is 21.1 Å². The van der Waals surface area contributed by atoms with Crippen molar-refractivity contribution < 1.29 is 19.1 Å². The summed E-state index contributed by atoms with van der Waals surface area (Å²) >= 11 is 6.16. The smallest absolute Gasteiger partial charge is 0.231 e. The number of ether oxygens (including phenoxy) is 2. The fourth-order valence-corrected chi connectivity index (χ4v) is 3.56. The molecule has 2 amide bonds. The molecular weight excluding hydrogens is 368 g/mol. The summed E-state index contributed by atoms with van der Waals surface area (Å²) in [7, 11) is 0. The summed E-state index contributed by atoms with van der Waals surface area (Å²) in [6.07, 6.45) is 0.193. The Morgan fingerprint density at radius 1 is 1.26 bits per heavy atom. The molecule has 0 unspecified atom stereocenters. The van der Waals surface area contributed by atoms with E-state index in [9.17, 15) is 9.59 Å². The molecular formula is C20H19ClN2O4. The van der Waals surface area contributed by atoms with Crippen molar-refractivity contribution in [3.05, 3.63) is 52.5 Å². The second-order valence-corrected chi connectivity index (χ2v) is 7.10. The SMILES string of the molecule is Cc1c(Cl)cccc1N1C[C@@H](C(=O)NCc2ccc3c(c2)OCO3)CC1=O. The predicted molar refractivity (Wildman–Crippen MR) is 101 cm³/mol. The predicted octanol–water partition coefficient (Wildman–Crippen LogP) is 3.05. The lowest BCUT2D eigenvalue weighted by Gasteiger charge is -2.19. The third-order valence-corrected chi connectivity index (χ3v) is 5.34. The third kappa shape index (κ3) is 3.45. The summed E-state index contributed by atoms with van der Waals surface area (Å²) in [6, 6.07) is 11.0. The Hall–Kier alpha value is -2.73. The van der Waals surface area contributed by atoms with Crippen LogP contribution in [0.3, 0.4) is 0 Å². The van der Waals surface area contributed by atoms with E-state index < -0.39 is 0 Å². The van der Waals surface area contributed by atoms with Gasteiger partial charge >= 0.3 is 0 Å². The second-order valence-electron chi connectivity index (χ2n) is 6.69. The number of fused-ring (bicyclic) bond motifs is 1. The van der Waals surface area contributed by atoms with Crippen molar-refractivity contribution in [1.29, 1.82) is 0 Å². The van der Waals surface area contributed by atoms with E-state index in [2.05, 4.69) is 5.32 Å². The van der Waals surface area contributed by atoms with Gasteiger partial charge in [-0.1, -0.05) is 23.7 Å². The molecule has 2 aliphatic rings. The molecule has 1 fully saturated rings. The van der Waals surface area contributed by atoms with E-state index in [1.54, 1.807) is 11.0 Å². The average Bonchev–Trinajstić information content (AvgIpc) is 3.28. The molecule has 6 nitrogen and oxygen atoms in total. The van der Waals surface area contributed by atoms with Gasteiger partial charge < -0.3 is 19.7 Å². The molecule has 7 heteroatoms. The zero-order valence-electron chi connectivity index (χ0n) is 14.8. The summed E-state index contributed by atoms with van der Waals surface area (Å²) in [5.41, 5.74) is 2.52. The van der Waals surface area contributed by atoms with E-state index in [0.717, 1.165) is 16.8 Å². The van der Waals surface area contributed by atoms with Crippen LogP contribution in [-0.2, 0) is 16.1 Å². The zero-order chi connectivity index (χ0) is 19.0. The van der Waals surface area contributed by atoms with E-state index in [1.807, 2.05) is 37.3 Å². The van der Waals surface area contributed by atoms with Gasteiger partial charge in [-0.15, -0.1) is 0 Å². The molecule has 1 atom stereocenters. The molecule has 2 heterocycles. The molecule has 0 saturated carbocycles. The second kappa shape index (κ2) is 7.12. The first-order valence-electron chi connectivity index (χ1n) is 8.74. The molecule has 0 radical (unpaired) electrons. The molecule has 2 aromatic carbocycles. The normalized spacial score (nSPS) is 18.1. The fourth-order valence-electron chi connectivity index (χ4n) is 3.39. The molecule has 0 aliphatic carbocycles. The van der Waals surface area contributed by atoms with Crippen LogP contribution in [0, 0.1) is 12.8 Å². The van der Waals surface area contributed by atoms with E-state index in [-0.39, 0.29) is 30.9 Å². The van der Waals surface area contributed by atoms with Crippen molar-refractivity contribution in [3.63, 3.8) is 0 Å². The highest BCUT2D eigenvalue weighted by Crippen LogP contribution is 2.33. The monoisotopic (exact) mass is 386 g/mol. The maximum Gasteiger partial charge on any atom is 0.231 e. The van der Waals surface area contributed by atoms with Crippen LogP contribution in [-0.4, -0.2) is 25.2 Å². The Labute approximate surface area is 162 Å². The van der Waals surface area contributed by atoms with Gasteiger partial charge in [-0.2, -0.15) is 0 Å². The van der Waals surface area contributed by atoms with Crippen molar-refractivity contribution in [2.75, 3.05) is 18.2 Å². The van der Waals surface area contributed by atoms with Crippen LogP contribution < -0.4 is 19.7 Å². The van der Waals surface area contributed by atoms with Crippen LogP contribution in [0.15, 0.2) is 36.4 Å². The van der Waals surface area contributed by atoms with Gasteiger partial charge in [0.25, 0.3) is 0 Å². The number of carbonyl (C=O) groups excluding carboxylic acids is 2. The molecule has 140 valence electrons.